The number of ether oxygens (including phenoxy) is 1. The van der Waals surface area contributed by atoms with E-state index < -0.39 is 0 Å². The second-order valence-corrected chi connectivity index (χ2v) is 4.75. The first-order valence-electron chi connectivity index (χ1n) is 6.14. The average Bonchev–Trinajstić information content (AvgIpc) is 2.97. The quantitative estimate of drug-likeness (QED) is 0.797. The third kappa shape index (κ3) is 2.68. The van der Waals surface area contributed by atoms with Crippen molar-refractivity contribution >= 4 is 11.6 Å². The highest BCUT2D eigenvalue weighted by atomic mass is 35.5. The third-order valence-electron chi connectivity index (χ3n) is 2.95. The molecule has 6 heteroatoms. The molecule has 0 fully saturated rings. The summed E-state index contributed by atoms with van der Waals surface area (Å²) in [6.07, 6.45) is 0. The molecule has 0 saturated heterocycles. The van der Waals surface area contributed by atoms with Gasteiger partial charge in [0.2, 0.25) is 5.82 Å². The van der Waals surface area contributed by atoms with Gasteiger partial charge in [0.05, 0.1) is 12.7 Å². The van der Waals surface area contributed by atoms with Crippen molar-refractivity contribution in [1.29, 1.82) is 0 Å². The van der Waals surface area contributed by atoms with Crippen LogP contribution in [0.2, 0.25) is 5.02 Å². The Hall–Kier alpha value is -2.53. The lowest BCUT2D eigenvalue weighted by Gasteiger charge is -2.04. The number of aromatic hydroxyl groups is 1. The molecular weight excluding hydrogens is 292 g/mol. The molecule has 0 spiro atoms. The molecule has 21 heavy (non-hydrogen) atoms. The zero-order valence-corrected chi connectivity index (χ0v) is 11.8. The van der Waals surface area contributed by atoms with Gasteiger partial charge >= 0.3 is 0 Å². The minimum atomic E-state index is 0.182. The fourth-order valence-electron chi connectivity index (χ4n) is 1.90. The lowest BCUT2D eigenvalue weighted by molar-refractivity contribution is 0.405. The van der Waals surface area contributed by atoms with E-state index in [1.165, 1.54) is 0 Å². The van der Waals surface area contributed by atoms with E-state index in [4.69, 9.17) is 20.9 Å². The molecule has 0 aliphatic rings. The number of methoxy groups -OCH3 is 1. The SMILES string of the molecule is COc1cc(Cl)ccc1-c1nc(-c2ccc(O)cc2)no1. The Morgan fingerprint density at radius 3 is 2.62 bits per heavy atom. The summed E-state index contributed by atoms with van der Waals surface area (Å²) in [5.41, 5.74) is 1.41. The highest BCUT2D eigenvalue weighted by Gasteiger charge is 2.15. The number of aromatic nitrogens is 2. The second-order valence-electron chi connectivity index (χ2n) is 4.31. The number of rotatable bonds is 3. The molecule has 0 unspecified atom stereocenters. The van der Waals surface area contributed by atoms with Crippen LogP contribution in [-0.4, -0.2) is 22.4 Å². The maximum absolute atomic E-state index is 9.29. The van der Waals surface area contributed by atoms with E-state index >= 15 is 0 Å². The normalized spacial score (nSPS) is 10.6. The van der Waals surface area contributed by atoms with Crippen LogP contribution in [-0.2, 0) is 0 Å². The van der Waals surface area contributed by atoms with Crippen molar-refractivity contribution in [2.24, 2.45) is 0 Å². The van der Waals surface area contributed by atoms with Gasteiger partial charge in [0.1, 0.15) is 11.5 Å². The predicted octanol–water partition coefficient (Wildman–Crippen LogP) is 3.77. The van der Waals surface area contributed by atoms with Gasteiger partial charge in [0, 0.05) is 10.6 Å². The van der Waals surface area contributed by atoms with E-state index in [0.717, 1.165) is 5.56 Å². The number of phenols is 1. The molecule has 2 aromatic carbocycles. The van der Waals surface area contributed by atoms with Crippen molar-refractivity contribution in [2.75, 3.05) is 7.11 Å². The average molecular weight is 303 g/mol. The van der Waals surface area contributed by atoms with Gasteiger partial charge < -0.3 is 14.4 Å². The fraction of sp³-hybridized carbons (Fsp3) is 0.0667. The van der Waals surface area contributed by atoms with Gasteiger partial charge in [-0.3, -0.25) is 0 Å². The number of halogens is 1. The Labute approximate surface area is 125 Å². The molecule has 0 saturated carbocycles. The second kappa shape index (κ2) is 5.46. The maximum atomic E-state index is 9.29. The molecule has 1 aromatic heterocycles. The highest BCUT2D eigenvalue weighted by Crippen LogP contribution is 2.32. The van der Waals surface area contributed by atoms with Gasteiger partial charge in [-0.15, -0.1) is 0 Å². The Bertz CT molecular complexity index is 769. The monoisotopic (exact) mass is 302 g/mol. The first-order valence-corrected chi connectivity index (χ1v) is 6.52. The summed E-state index contributed by atoms with van der Waals surface area (Å²) in [7, 11) is 1.55. The summed E-state index contributed by atoms with van der Waals surface area (Å²) in [5, 5.41) is 13.8. The van der Waals surface area contributed by atoms with Gasteiger partial charge in [-0.1, -0.05) is 16.8 Å². The van der Waals surface area contributed by atoms with Crippen LogP contribution in [0.5, 0.6) is 11.5 Å². The number of hydrogen-bond donors (Lipinski definition) is 1. The molecule has 3 aromatic rings. The Morgan fingerprint density at radius 2 is 1.90 bits per heavy atom. The lowest BCUT2D eigenvalue weighted by atomic mass is 10.2. The van der Waals surface area contributed by atoms with Crippen molar-refractivity contribution in [3.8, 4) is 34.3 Å². The van der Waals surface area contributed by atoms with E-state index in [0.29, 0.717) is 28.1 Å². The molecule has 106 valence electrons. The van der Waals surface area contributed by atoms with Gasteiger partial charge in [-0.05, 0) is 42.5 Å². The minimum Gasteiger partial charge on any atom is -0.508 e. The topological polar surface area (TPSA) is 68.4 Å². The van der Waals surface area contributed by atoms with Crippen LogP contribution in [0.3, 0.4) is 0 Å². The fourth-order valence-corrected chi connectivity index (χ4v) is 2.06. The Morgan fingerprint density at radius 1 is 1.14 bits per heavy atom. The minimum absolute atomic E-state index is 0.182. The maximum Gasteiger partial charge on any atom is 0.262 e. The van der Waals surface area contributed by atoms with Gasteiger partial charge in [-0.25, -0.2) is 0 Å². The van der Waals surface area contributed by atoms with E-state index in [1.807, 2.05) is 0 Å². The summed E-state index contributed by atoms with van der Waals surface area (Å²) in [6, 6.07) is 11.7. The van der Waals surface area contributed by atoms with Crippen LogP contribution in [0.4, 0.5) is 0 Å². The summed E-state index contributed by atoms with van der Waals surface area (Å²) >= 11 is 5.93. The summed E-state index contributed by atoms with van der Waals surface area (Å²) < 4.78 is 10.5. The molecular formula is C15H11ClN2O3. The number of benzene rings is 2. The number of hydrogen-bond acceptors (Lipinski definition) is 5. The molecule has 0 aliphatic carbocycles. The van der Waals surface area contributed by atoms with E-state index in [-0.39, 0.29) is 5.75 Å². The molecule has 0 atom stereocenters. The van der Waals surface area contributed by atoms with Gasteiger partial charge in [0.25, 0.3) is 5.89 Å². The van der Waals surface area contributed by atoms with E-state index in [9.17, 15) is 5.11 Å². The summed E-state index contributed by atoms with van der Waals surface area (Å²) in [6.45, 7) is 0. The molecule has 0 radical (unpaired) electrons. The van der Waals surface area contributed by atoms with Crippen molar-refractivity contribution in [2.45, 2.75) is 0 Å². The first-order chi connectivity index (χ1) is 10.2. The van der Waals surface area contributed by atoms with Gasteiger partial charge in [0.15, 0.2) is 0 Å². The van der Waals surface area contributed by atoms with Gasteiger partial charge in [-0.2, -0.15) is 4.98 Å². The predicted molar refractivity (Wildman–Crippen MR) is 78.4 cm³/mol. The molecule has 1 heterocycles. The molecule has 0 aliphatic heterocycles. The van der Waals surface area contributed by atoms with Crippen LogP contribution in [0, 0.1) is 0 Å². The zero-order valence-electron chi connectivity index (χ0n) is 11.1. The van der Waals surface area contributed by atoms with Crippen molar-refractivity contribution in [3.63, 3.8) is 0 Å². The van der Waals surface area contributed by atoms with Crippen LogP contribution >= 0.6 is 11.6 Å². The molecule has 0 bridgehead atoms. The zero-order chi connectivity index (χ0) is 14.8. The van der Waals surface area contributed by atoms with Crippen molar-refractivity contribution < 1.29 is 14.4 Å². The molecule has 5 nitrogen and oxygen atoms in total. The standard InChI is InChI=1S/C15H11ClN2O3/c1-20-13-8-10(16)4-7-12(13)15-17-14(18-21-15)9-2-5-11(19)6-3-9/h2-8,19H,1H3. The van der Waals surface area contributed by atoms with Crippen LogP contribution in [0.1, 0.15) is 0 Å². The Balaban J connectivity index is 2.00. The third-order valence-corrected chi connectivity index (χ3v) is 3.18. The van der Waals surface area contributed by atoms with E-state index in [2.05, 4.69) is 10.1 Å². The van der Waals surface area contributed by atoms with Crippen molar-refractivity contribution in [3.05, 3.63) is 47.5 Å². The summed E-state index contributed by atoms with van der Waals surface area (Å²) in [5.74, 6) is 1.51. The van der Waals surface area contributed by atoms with Crippen LogP contribution < -0.4 is 4.74 Å². The molecule has 1 N–H and O–H groups in total. The number of phenolic OH excluding ortho intramolecular Hbond substituents is 1. The summed E-state index contributed by atoms with van der Waals surface area (Å²) in [4.78, 5) is 4.34. The smallest absolute Gasteiger partial charge is 0.262 e. The molecule has 0 amide bonds. The lowest BCUT2D eigenvalue weighted by Crippen LogP contribution is -1.88. The first kappa shape index (κ1) is 13.5. The van der Waals surface area contributed by atoms with Crippen molar-refractivity contribution in [1.82, 2.24) is 10.1 Å². The van der Waals surface area contributed by atoms with Crippen LogP contribution in [0.15, 0.2) is 47.0 Å². The highest BCUT2D eigenvalue weighted by molar-refractivity contribution is 6.30. The van der Waals surface area contributed by atoms with E-state index in [1.54, 1.807) is 49.6 Å². The van der Waals surface area contributed by atoms with Crippen LogP contribution in [0.25, 0.3) is 22.8 Å². The Kier molecular flexibility index (Phi) is 3.50. The molecule has 3 rings (SSSR count). The largest absolute Gasteiger partial charge is 0.508 e. The number of nitrogens with zero attached hydrogens (tertiary/aromatic N) is 2.